The summed E-state index contributed by atoms with van der Waals surface area (Å²) < 4.78 is 13.5. The average molecular weight is 272 g/mol. The van der Waals surface area contributed by atoms with Crippen molar-refractivity contribution in [3.8, 4) is 5.75 Å². The molecule has 2 N–H and O–H groups in total. The molecule has 1 aliphatic rings. The highest BCUT2D eigenvalue weighted by atomic mass is 35.5. The van der Waals surface area contributed by atoms with Gasteiger partial charge < -0.3 is 10.4 Å². The van der Waals surface area contributed by atoms with Gasteiger partial charge in [-0.1, -0.05) is 6.42 Å². The smallest absolute Gasteiger partial charge is 0.254 e. The van der Waals surface area contributed by atoms with Gasteiger partial charge in [0.2, 0.25) is 0 Å². The van der Waals surface area contributed by atoms with Crippen molar-refractivity contribution < 1.29 is 14.3 Å². The first-order valence-electron chi connectivity index (χ1n) is 5.97. The molecule has 5 heteroatoms. The lowest BCUT2D eigenvalue weighted by Gasteiger charge is -2.19. The summed E-state index contributed by atoms with van der Waals surface area (Å²) in [6, 6.07) is 3.53. The number of nitrogens with one attached hydrogen (secondary N) is 1. The number of rotatable bonds is 3. The van der Waals surface area contributed by atoms with E-state index in [4.69, 9.17) is 16.7 Å². The van der Waals surface area contributed by atoms with Gasteiger partial charge in [-0.15, -0.1) is 11.6 Å². The average Bonchev–Trinajstić information content (AvgIpc) is 2.76. The van der Waals surface area contributed by atoms with Crippen molar-refractivity contribution in [2.45, 2.75) is 25.3 Å². The SMILES string of the molecule is O=C(NC1CCCC1CCl)c1ccc(O)cc1F. The summed E-state index contributed by atoms with van der Waals surface area (Å²) in [4.78, 5) is 11.9. The van der Waals surface area contributed by atoms with E-state index in [1.54, 1.807) is 0 Å². The molecular formula is C13H15ClFNO2. The molecule has 1 fully saturated rings. The van der Waals surface area contributed by atoms with E-state index in [9.17, 15) is 9.18 Å². The maximum Gasteiger partial charge on any atom is 0.254 e. The lowest BCUT2D eigenvalue weighted by Crippen LogP contribution is -2.38. The number of aromatic hydroxyl groups is 1. The standard InChI is InChI=1S/C13H15ClFNO2/c14-7-8-2-1-3-12(8)16-13(18)10-5-4-9(17)6-11(10)15/h4-6,8,12,17H,1-3,7H2,(H,16,18). The molecule has 1 aliphatic carbocycles. The van der Waals surface area contributed by atoms with E-state index in [1.807, 2.05) is 0 Å². The van der Waals surface area contributed by atoms with Crippen LogP contribution in [0.15, 0.2) is 18.2 Å². The van der Waals surface area contributed by atoms with Crippen LogP contribution in [0.1, 0.15) is 29.6 Å². The number of hydrogen-bond acceptors (Lipinski definition) is 2. The van der Waals surface area contributed by atoms with Gasteiger partial charge >= 0.3 is 0 Å². The van der Waals surface area contributed by atoms with E-state index in [1.165, 1.54) is 12.1 Å². The highest BCUT2D eigenvalue weighted by molar-refractivity contribution is 6.18. The third-order valence-corrected chi connectivity index (χ3v) is 3.77. The normalized spacial score (nSPS) is 23.0. The second-order valence-electron chi connectivity index (χ2n) is 4.59. The van der Waals surface area contributed by atoms with Crippen LogP contribution in [0.2, 0.25) is 0 Å². The molecule has 1 aromatic carbocycles. The van der Waals surface area contributed by atoms with E-state index < -0.39 is 11.7 Å². The molecule has 0 bridgehead atoms. The van der Waals surface area contributed by atoms with Crippen LogP contribution < -0.4 is 5.32 Å². The summed E-state index contributed by atoms with van der Waals surface area (Å²) in [5, 5.41) is 11.9. The number of phenols is 1. The van der Waals surface area contributed by atoms with Crippen molar-refractivity contribution in [2.24, 2.45) is 5.92 Å². The van der Waals surface area contributed by atoms with Gasteiger partial charge in [-0.05, 0) is 30.9 Å². The molecule has 0 heterocycles. The lowest BCUT2D eigenvalue weighted by atomic mass is 10.1. The molecule has 2 rings (SSSR count). The fraction of sp³-hybridized carbons (Fsp3) is 0.462. The Morgan fingerprint density at radius 2 is 2.28 bits per heavy atom. The Bertz CT molecular complexity index is 453. The molecule has 2 atom stereocenters. The largest absolute Gasteiger partial charge is 0.508 e. The molecule has 2 unspecified atom stereocenters. The van der Waals surface area contributed by atoms with E-state index in [2.05, 4.69) is 5.32 Å². The van der Waals surface area contributed by atoms with Crippen LogP contribution >= 0.6 is 11.6 Å². The Labute approximate surface area is 110 Å². The Kier molecular flexibility index (Phi) is 4.07. The summed E-state index contributed by atoms with van der Waals surface area (Å²) >= 11 is 5.83. The summed E-state index contributed by atoms with van der Waals surface area (Å²) in [7, 11) is 0. The molecule has 1 amide bonds. The van der Waals surface area contributed by atoms with Gasteiger partial charge in [0.1, 0.15) is 11.6 Å². The summed E-state index contributed by atoms with van der Waals surface area (Å²) in [6.45, 7) is 0. The highest BCUT2D eigenvalue weighted by Crippen LogP contribution is 2.27. The van der Waals surface area contributed by atoms with Gasteiger partial charge in [-0.3, -0.25) is 4.79 Å². The van der Waals surface area contributed by atoms with E-state index >= 15 is 0 Å². The third-order valence-electron chi connectivity index (χ3n) is 3.37. The first-order valence-corrected chi connectivity index (χ1v) is 6.50. The van der Waals surface area contributed by atoms with E-state index in [-0.39, 0.29) is 23.3 Å². The van der Waals surface area contributed by atoms with Gasteiger partial charge in [0.25, 0.3) is 5.91 Å². The number of carbonyl (C=O) groups excluding carboxylic acids is 1. The monoisotopic (exact) mass is 271 g/mol. The minimum atomic E-state index is -0.715. The fourth-order valence-electron chi connectivity index (χ4n) is 2.35. The summed E-state index contributed by atoms with van der Waals surface area (Å²) in [6.07, 6.45) is 2.90. The molecule has 0 aromatic heterocycles. The molecule has 0 radical (unpaired) electrons. The number of halogens is 2. The lowest BCUT2D eigenvalue weighted by molar-refractivity contribution is 0.0926. The molecule has 18 heavy (non-hydrogen) atoms. The van der Waals surface area contributed by atoms with Crippen LogP contribution in [-0.2, 0) is 0 Å². The zero-order valence-electron chi connectivity index (χ0n) is 9.83. The van der Waals surface area contributed by atoms with Crippen molar-refractivity contribution in [1.82, 2.24) is 5.32 Å². The van der Waals surface area contributed by atoms with Crippen LogP contribution in [0.5, 0.6) is 5.75 Å². The van der Waals surface area contributed by atoms with E-state index in [0.29, 0.717) is 5.88 Å². The second-order valence-corrected chi connectivity index (χ2v) is 4.90. The van der Waals surface area contributed by atoms with Crippen molar-refractivity contribution in [2.75, 3.05) is 5.88 Å². The summed E-state index contributed by atoms with van der Waals surface area (Å²) in [5.41, 5.74) is -0.0481. The van der Waals surface area contributed by atoms with Crippen LogP contribution in [-0.4, -0.2) is 22.9 Å². The second kappa shape index (κ2) is 5.57. The number of alkyl halides is 1. The fourth-order valence-corrected chi connectivity index (χ4v) is 2.72. The molecular weight excluding hydrogens is 257 g/mol. The molecule has 1 aromatic rings. The minimum Gasteiger partial charge on any atom is -0.508 e. The Morgan fingerprint density at radius 3 is 2.94 bits per heavy atom. The maximum atomic E-state index is 13.5. The molecule has 0 spiro atoms. The first-order chi connectivity index (χ1) is 8.61. The topological polar surface area (TPSA) is 49.3 Å². The Morgan fingerprint density at radius 1 is 1.50 bits per heavy atom. The number of amides is 1. The molecule has 0 saturated heterocycles. The van der Waals surface area contributed by atoms with Gasteiger partial charge in [0, 0.05) is 18.0 Å². The zero-order valence-corrected chi connectivity index (χ0v) is 10.6. The molecule has 98 valence electrons. The number of hydrogen-bond donors (Lipinski definition) is 2. The minimum absolute atomic E-state index is 0.0169. The maximum absolute atomic E-state index is 13.5. The molecule has 0 aliphatic heterocycles. The van der Waals surface area contributed by atoms with Gasteiger partial charge in [-0.25, -0.2) is 4.39 Å². The van der Waals surface area contributed by atoms with Crippen molar-refractivity contribution >= 4 is 17.5 Å². The first kappa shape index (κ1) is 13.1. The van der Waals surface area contributed by atoms with Crippen molar-refractivity contribution in [3.63, 3.8) is 0 Å². The molecule has 1 saturated carbocycles. The highest BCUT2D eigenvalue weighted by Gasteiger charge is 2.28. The Hall–Kier alpha value is -1.29. The number of carbonyl (C=O) groups is 1. The third kappa shape index (κ3) is 2.75. The summed E-state index contributed by atoms with van der Waals surface area (Å²) in [5.74, 6) is -0.593. The predicted octanol–water partition coefficient (Wildman–Crippen LogP) is 2.67. The van der Waals surface area contributed by atoms with Crippen LogP contribution in [0.25, 0.3) is 0 Å². The van der Waals surface area contributed by atoms with E-state index in [0.717, 1.165) is 25.3 Å². The molecule has 3 nitrogen and oxygen atoms in total. The van der Waals surface area contributed by atoms with Crippen molar-refractivity contribution in [3.05, 3.63) is 29.6 Å². The quantitative estimate of drug-likeness (QED) is 0.831. The van der Waals surface area contributed by atoms with Gasteiger partial charge in [0.15, 0.2) is 0 Å². The van der Waals surface area contributed by atoms with Crippen LogP contribution in [0.3, 0.4) is 0 Å². The van der Waals surface area contributed by atoms with Crippen molar-refractivity contribution in [1.29, 1.82) is 0 Å². The predicted molar refractivity (Wildman–Crippen MR) is 67.4 cm³/mol. The van der Waals surface area contributed by atoms with Gasteiger partial charge in [0.05, 0.1) is 5.56 Å². The van der Waals surface area contributed by atoms with Gasteiger partial charge in [-0.2, -0.15) is 0 Å². The van der Waals surface area contributed by atoms with Crippen LogP contribution in [0, 0.1) is 11.7 Å². The van der Waals surface area contributed by atoms with Crippen LogP contribution in [0.4, 0.5) is 4.39 Å². The number of benzene rings is 1. The zero-order chi connectivity index (χ0) is 13.1. The Balaban J connectivity index is 2.07. The number of phenolic OH excluding ortho intramolecular Hbond substituents is 1.